The number of hydrogen-bond acceptors (Lipinski definition) is 6. The van der Waals surface area contributed by atoms with Gasteiger partial charge in [-0.2, -0.15) is 0 Å². The summed E-state index contributed by atoms with van der Waals surface area (Å²) >= 11 is 0. The predicted molar refractivity (Wildman–Crippen MR) is 109 cm³/mol. The fourth-order valence-corrected chi connectivity index (χ4v) is 3.11. The zero-order valence-electron chi connectivity index (χ0n) is 16.4. The molecule has 0 saturated carbocycles. The molecule has 0 amide bonds. The molecule has 0 unspecified atom stereocenters. The lowest BCUT2D eigenvalue weighted by Crippen LogP contribution is -2.20. The number of benzene rings is 2. The highest BCUT2D eigenvalue weighted by Crippen LogP contribution is 2.32. The van der Waals surface area contributed by atoms with E-state index in [2.05, 4.69) is 9.98 Å². The van der Waals surface area contributed by atoms with Crippen LogP contribution in [0.3, 0.4) is 0 Å². The van der Waals surface area contributed by atoms with Gasteiger partial charge in [0, 0.05) is 36.1 Å². The van der Waals surface area contributed by atoms with Crippen LogP contribution in [0.5, 0.6) is 0 Å². The molecule has 1 aliphatic carbocycles. The Kier molecular flexibility index (Phi) is 5.68. The van der Waals surface area contributed by atoms with Crippen LogP contribution in [0.25, 0.3) is 0 Å². The lowest BCUT2D eigenvalue weighted by atomic mass is 9.83. The molecule has 0 aliphatic heterocycles. The molecule has 0 aromatic heterocycles. The number of carbonyl (C=O) groups excluding carboxylic acids is 2. The minimum atomic E-state index is -0.201. The third kappa shape index (κ3) is 3.86. The number of hydrogen-bond donors (Lipinski definition) is 0. The molecule has 6 heteroatoms. The number of carbonyl (C=O) groups is 2. The predicted octanol–water partition coefficient (Wildman–Crippen LogP) is 4.63. The van der Waals surface area contributed by atoms with Crippen molar-refractivity contribution in [2.75, 3.05) is 13.2 Å². The summed E-state index contributed by atoms with van der Waals surface area (Å²) in [5.74, 6) is 0.606. The van der Waals surface area contributed by atoms with E-state index in [0.29, 0.717) is 58.6 Å². The van der Waals surface area contributed by atoms with Gasteiger partial charge in [-0.05, 0) is 50.2 Å². The van der Waals surface area contributed by atoms with E-state index in [9.17, 15) is 9.59 Å². The Balaban J connectivity index is 2.00. The smallest absolute Gasteiger partial charge is 0.194 e. The van der Waals surface area contributed by atoms with Gasteiger partial charge in [0.15, 0.2) is 23.4 Å². The fourth-order valence-electron chi connectivity index (χ4n) is 3.11. The number of rotatable bonds is 4. The van der Waals surface area contributed by atoms with E-state index in [4.69, 9.17) is 9.47 Å². The normalized spacial score (nSPS) is 13.9. The van der Waals surface area contributed by atoms with Crippen molar-refractivity contribution in [1.29, 1.82) is 0 Å². The Labute approximate surface area is 163 Å². The quantitative estimate of drug-likeness (QED) is 0.490. The lowest BCUT2D eigenvalue weighted by Gasteiger charge is -2.18. The third-order valence-corrected chi connectivity index (χ3v) is 4.26. The summed E-state index contributed by atoms with van der Waals surface area (Å²) in [6.45, 7) is 8.27. The van der Waals surface area contributed by atoms with E-state index in [1.54, 1.807) is 50.2 Å². The van der Waals surface area contributed by atoms with Gasteiger partial charge in [0.2, 0.25) is 0 Å². The zero-order valence-corrected chi connectivity index (χ0v) is 16.4. The minimum absolute atomic E-state index is 0.201. The molecule has 2 aromatic rings. The summed E-state index contributed by atoms with van der Waals surface area (Å²) in [6.07, 6.45) is 0. The van der Waals surface area contributed by atoms with E-state index in [1.165, 1.54) is 0 Å². The molecule has 2 aromatic carbocycles. The third-order valence-electron chi connectivity index (χ3n) is 4.26. The second-order valence-electron chi connectivity index (χ2n) is 6.25. The number of aliphatic imine (C=N–C) groups is 2. The van der Waals surface area contributed by atoms with E-state index in [-0.39, 0.29) is 11.6 Å². The molecule has 28 heavy (non-hydrogen) atoms. The highest BCUT2D eigenvalue weighted by Gasteiger charge is 2.30. The number of fused-ring (bicyclic) bond motifs is 2. The fraction of sp³-hybridized carbons (Fsp3) is 0.273. The van der Waals surface area contributed by atoms with E-state index in [0.717, 1.165) is 0 Å². The van der Waals surface area contributed by atoms with Crippen LogP contribution in [0.15, 0.2) is 46.4 Å². The van der Waals surface area contributed by atoms with Crippen molar-refractivity contribution < 1.29 is 19.1 Å². The zero-order chi connectivity index (χ0) is 20.3. The Hall–Kier alpha value is -3.28. The maximum absolute atomic E-state index is 13.0. The molecule has 3 rings (SSSR count). The summed E-state index contributed by atoms with van der Waals surface area (Å²) in [5, 5.41) is 0. The number of ketones is 2. The highest BCUT2D eigenvalue weighted by atomic mass is 16.5. The van der Waals surface area contributed by atoms with Crippen LogP contribution in [-0.4, -0.2) is 36.6 Å². The molecule has 0 radical (unpaired) electrons. The van der Waals surface area contributed by atoms with Gasteiger partial charge in [-0.15, -0.1) is 0 Å². The first kappa shape index (κ1) is 19.5. The van der Waals surface area contributed by atoms with Gasteiger partial charge in [0.05, 0.1) is 24.6 Å². The second-order valence-corrected chi connectivity index (χ2v) is 6.25. The van der Waals surface area contributed by atoms with Crippen LogP contribution in [0.4, 0.5) is 11.4 Å². The Morgan fingerprint density at radius 1 is 0.714 bits per heavy atom. The minimum Gasteiger partial charge on any atom is -0.481 e. The molecule has 0 fully saturated rings. The molecule has 6 nitrogen and oxygen atoms in total. The maximum Gasteiger partial charge on any atom is 0.194 e. The van der Waals surface area contributed by atoms with E-state index >= 15 is 0 Å². The lowest BCUT2D eigenvalue weighted by molar-refractivity contribution is 0.0979. The van der Waals surface area contributed by atoms with Crippen molar-refractivity contribution in [2.24, 2.45) is 9.98 Å². The molecule has 0 N–H and O–H groups in total. The van der Waals surface area contributed by atoms with Crippen LogP contribution >= 0.6 is 0 Å². The standard InChI is InChI=1S/C22H22N2O4/c1-5-27-13(3)23-15-7-9-17-19(11-15)21(25)18-10-8-16(12-20(18)22(17)26)24-14(4)28-6-2/h7-12H,5-6H2,1-4H3. The molecule has 0 atom stereocenters. The van der Waals surface area contributed by atoms with Crippen molar-refractivity contribution in [1.82, 2.24) is 0 Å². The van der Waals surface area contributed by atoms with Crippen LogP contribution < -0.4 is 0 Å². The largest absolute Gasteiger partial charge is 0.481 e. The molecule has 1 aliphatic rings. The molecule has 0 heterocycles. The Morgan fingerprint density at radius 2 is 1.11 bits per heavy atom. The molecular formula is C22H22N2O4. The van der Waals surface area contributed by atoms with Gasteiger partial charge in [0.25, 0.3) is 0 Å². The van der Waals surface area contributed by atoms with E-state index in [1.807, 2.05) is 13.8 Å². The van der Waals surface area contributed by atoms with Crippen molar-refractivity contribution in [3.8, 4) is 0 Å². The molecule has 0 saturated heterocycles. The van der Waals surface area contributed by atoms with Gasteiger partial charge in [-0.25, -0.2) is 9.98 Å². The average molecular weight is 378 g/mol. The first-order valence-electron chi connectivity index (χ1n) is 9.18. The number of ether oxygens (including phenoxy) is 2. The second kappa shape index (κ2) is 8.17. The SMILES string of the molecule is CCOC(C)=Nc1ccc2c(c1)C(=O)c1ccc(N=C(C)OCC)cc1C2=O. The van der Waals surface area contributed by atoms with Gasteiger partial charge >= 0.3 is 0 Å². The first-order chi connectivity index (χ1) is 13.4. The van der Waals surface area contributed by atoms with Gasteiger partial charge < -0.3 is 9.47 Å². The summed E-state index contributed by atoms with van der Waals surface area (Å²) in [4.78, 5) is 34.6. The van der Waals surface area contributed by atoms with Gasteiger partial charge in [-0.1, -0.05) is 0 Å². The monoisotopic (exact) mass is 378 g/mol. The van der Waals surface area contributed by atoms with Crippen LogP contribution in [-0.2, 0) is 9.47 Å². The number of nitrogens with zero attached hydrogens (tertiary/aromatic N) is 2. The molecular weight excluding hydrogens is 356 g/mol. The van der Waals surface area contributed by atoms with Crippen molar-refractivity contribution in [3.05, 3.63) is 58.7 Å². The summed E-state index contributed by atoms with van der Waals surface area (Å²) in [5.41, 5.74) is 2.58. The van der Waals surface area contributed by atoms with Crippen molar-refractivity contribution in [3.63, 3.8) is 0 Å². The Morgan fingerprint density at radius 3 is 1.46 bits per heavy atom. The van der Waals surface area contributed by atoms with Gasteiger partial charge in [0.1, 0.15) is 0 Å². The van der Waals surface area contributed by atoms with Crippen LogP contribution in [0.2, 0.25) is 0 Å². The van der Waals surface area contributed by atoms with Crippen molar-refractivity contribution in [2.45, 2.75) is 27.7 Å². The Bertz CT molecular complexity index is 924. The molecule has 0 bridgehead atoms. The maximum atomic E-state index is 13.0. The molecule has 144 valence electrons. The van der Waals surface area contributed by atoms with Crippen LogP contribution in [0.1, 0.15) is 59.5 Å². The summed E-state index contributed by atoms with van der Waals surface area (Å²) in [6, 6.07) is 9.95. The average Bonchev–Trinajstić information content (AvgIpc) is 2.66. The van der Waals surface area contributed by atoms with Crippen LogP contribution in [0, 0.1) is 0 Å². The topological polar surface area (TPSA) is 77.3 Å². The van der Waals surface area contributed by atoms with Crippen molar-refractivity contribution >= 4 is 34.7 Å². The first-order valence-corrected chi connectivity index (χ1v) is 9.18. The highest BCUT2D eigenvalue weighted by molar-refractivity contribution is 6.28. The molecule has 0 spiro atoms. The summed E-state index contributed by atoms with van der Waals surface area (Å²) < 4.78 is 10.7. The van der Waals surface area contributed by atoms with E-state index < -0.39 is 0 Å². The van der Waals surface area contributed by atoms with Gasteiger partial charge in [-0.3, -0.25) is 9.59 Å². The summed E-state index contributed by atoms with van der Waals surface area (Å²) in [7, 11) is 0.